The highest BCUT2D eigenvalue weighted by atomic mass is 32.1. The van der Waals surface area contributed by atoms with Gasteiger partial charge in [0.15, 0.2) is 6.61 Å². The fraction of sp³-hybridized carbons (Fsp3) is 0.375. The van der Waals surface area contributed by atoms with Gasteiger partial charge in [0.1, 0.15) is 4.88 Å². The number of amides is 1. The van der Waals surface area contributed by atoms with Gasteiger partial charge in [0.05, 0.1) is 4.92 Å². The minimum atomic E-state index is -0.619. The molecule has 1 amide bonds. The van der Waals surface area contributed by atoms with E-state index in [0.717, 1.165) is 4.70 Å². The maximum Gasteiger partial charge on any atom is 0.348 e. The number of carbonyl (C=O) groups is 2. The standard InChI is InChI=1S/C16H18N2O5S/c1-9(2)10(3)17-15(19)8-23-16(20)14-7-11-6-12(18(21)22)4-5-13(11)24-14/h4-7,9-10H,8H2,1-3H3,(H,17,19)/t10-/m1/s1. The SMILES string of the molecule is CC(C)[C@@H](C)NC(=O)COC(=O)c1cc2cc([N+](=O)[O-])ccc2s1. The summed E-state index contributed by atoms with van der Waals surface area (Å²) in [5, 5.41) is 14.1. The number of nitro groups is 1. The fourth-order valence-corrected chi connectivity index (χ4v) is 2.85. The maximum atomic E-state index is 12.0. The summed E-state index contributed by atoms with van der Waals surface area (Å²) in [6, 6.07) is 5.89. The third-order valence-corrected chi connectivity index (χ3v) is 4.73. The molecule has 2 rings (SSSR count). The number of nitrogens with zero attached hydrogens (tertiary/aromatic N) is 1. The Hall–Kier alpha value is -2.48. The summed E-state index contributed by atoms with van der Waals surface area (Å²) in [4.78, 5) is 34.3. The number of hydrogen-bond acceptors (Lipinski definition) is 6. The largest absolute Gasteiger partial charge is 0.451 e. The lowest BCUT2D eigenvalue weighted by Crippen LogP contribution is -2.38. The quantitative estimate of drug-likeness (QED) is 0.490. The number of fused-ring (bicyclic) bond motifs is 1. The van der Waals surface area contributed by atoms with Gasteiger partial charge in [-0.05, 0) is 25.0 Å². The highest BCUT2D eigenvalue weighted by Crippen LogP contribution is 2.29. The Labute approximate surface area is 142 Å². The van der Waals surface area contributed by atoms with Gasteiger partial charge in [-0.1, -0.05) is 13.8 Å². The van der Waals surface area contributed by atoms with Gasteiger partial charge in [0.25, 0.3) is 11.6 Å². The minimum Gasteiger partial charge on any atom is -0.451 e. The Balaban J connectivity index is 2.01. The molecule has 0 unspecified atom stereocenters. The maximum absolute atomic E-state index is 12.0. The number of nitro benzene ring substituents is 1. The third-order valence-electron chi connectivity index (χ3n) is 3.63. The van der Waals surface area contributed by atoms with Crippen LogP contribution >= 0.6 is 11.3 Å². The van der Waals surface area contributed by atoms with Crippen molar-refractivity contribution in [1.29, 1.82) is 0 Å². The molecule has 128 valence electrons. The number of thiophene rings is 1. The van der Waals surface area contributed by atoms with Gasteiger partial charge >= 0.3 is 5.97 Å². The second kappa shape index (κ2) is 7.39. The Bertz CT molecular complexity index is 784. The molecule has 0 aliphatic heterocycles. The van der Waals surface area contributed by atoms with Crippen molar-refractivity contribution < 1.29 is 19.2 Å². The Morgan fingerprint density at radius 2 is 2.00 bits per heavy atom. The predicted octanol–water partition coefficient (Wildman–Crippen LogP) is 3.13. The van der Waals surface area contributed by atoms with E-state index in [1.54, 1.807) is 6.07 Å². The average Bonchev–Trinajstić information content (AvgIpc) is 2.95. The van der Waals surface area contributed by atoms with Crippen LogP contribution in [0, 0.1) is 16.0 Å². The molecule has 0 aliphatic carbocycles. The Morgan fingerprint density at radius 1 is 1.29 bits per heavy atom. The van der Waals surface area contributed by atoms with E-state index < -0.39 is 10.9 Å². The van der Waals surface area contributed by atoms with Gasteiger partial charge in [-0.15, -0.1) is 11.3 Å². The van der Waals surface area contributed by atoms with Gasteiger partial charge in [0, 0.05) is 28.3 Å². The van der Waals surface area contributed by atoms with Gasteiger partial charge in [-0.3, -0.25) is 14.9 Å². The summed E-state index contributed by atoms with van der Waals surface area (Å²) >= 11 is 1.17. The van der Waals surface area contributed by atoms with Crippen molar-refractivity contribution in [3.63, 3.8) is 0 Å². The van der Waals surface area contributed by atoms with E-state index in [1.807, 2.05) is 20.8 Å². The van der Waals surface area contributed by atoms with E-state index in [-0.39, 0.29) is 30.2 Å². The zero-order valence-corrected chi connectivity index (χ0v) is 14.4. The number of hydrogen-bond donors (Lipinski definition) is 1. The number of esters is 1. The van der Waals surface area contributed by atoms with E-state index in [9.17, 15) is 19.7 Å². The van der Waals surface area contributed by atoms with Crippen LogP contribution in [0.1, 0.15) is 30.4 Å². The molecule has 7 nitrogen and oxygen atoms in total. The average molecular weight is 350 g/mol. The number of ether oxygens (including phenoxy) is 1. The minimum absolute atomic E-state index is 0.0129. The van der Waals surface area contributed by atoms with Crippen LogP contribution in [0.2, 0.25) is 0 Å². The molecule has 1 atom stereocenters. The first-order valence-electron chi connectivity index (χ1n) is 7.42. The molecule has 0 bridgehead atoms. The molecule has 1 N–H and O–H groups in total. The Morgan fingerprint density at radius 3 is 2.62 bits per heavy atom. The number of benzene rings is 1. The van der Waals surface area contributed by atoms with Gasteiger partial charge in [-0.2, -0.15) is 0 Å². The number of nitrogens with one attached hydrogen (secondary N) is 1. The highest BCUT2D eigenvalue weighted by molar-refractivity contribution is 7.20. The molecule has 24 heavy (non-hydrogen) atoms. The smallest absolute Gasteiger partial charge is 0.348 e. The highest BCUT2D eigenvalue weighted by Gasteiger charge is 2.17. The van der Waals surface area contributed by atoms with Crippen LogP contribution in [0.5, 0.6) is 0 Å². The summed E-state index contributed by atoms with van der Waals surface area (Å²) in [5.41, 5.74) is -0.0396. The topological polar surface area (TPSA) is 98.5 Å². The molecule has 0 spiro atoms. The van der Waals surface area contributed by atoms with E-state index in [2.05, 4.69) is 5.32 Å². The first-order chi connectivity index (χ1) is 11.3. The normalized spacial score (nSPS) is 12.2. The van der Waals surface area contributed by atoms with Crippen LogP contribution in [0.3, 0.4) is 0 Å². The van der Waals surface area contributed by atoms with E-state index >= 15 is 0 Å². The number of rotatable bonds is 6. The number of carbonyl (C=O) groups excluding carboxylic acids is 2. The second-order valence-corrected chi connectivity index (χ2v) is 6.85. The Kier molecular flexibility index (Phi) is 5.50. The lowest BCUT2D eigenvalue weighted by atomic mass is 10.1. The van der Waals surface area contributed by atoms with Crippen molar-refractivity contribution in [2.45, 2.75) is 26.8 Å². The van der Waals surface area contributed by atoms with Crippen LogP contribution in [-0.4, -0.2) is 29.4 Å². The summed E-state index contributed by atoms with van der Waals surface area (Å²) in [7, 11) is 0. The van der Waals surface area contributed by atoms with E-state index in [1.165, 1.54) is 29.5 Å². The first kappa shape index (κ1) is 17.9. The molecule has 2 aromatic rings. The van der Waals surface area contributed by atoms with Crippen molar-refractivity contribution in [2.75, 3.05) is 6.61 Å². The summed E-state index contributed by atoms with van der Waals surface area (Å²) in [6.45, 7) is 5.48. The molecule has 8 heteroatoms. The summed E-state index contributed by atoms with van der Waals surface area (Å²) < 4.78 is 5.74. The molecule has 1 heterocycles. The first-order valence-corrected chi connectivity index (χ1v) is 8.24. The van der Waals surface area contributed by atoms with Crippen molar-refractivity contribution >= 4 is 39.0 Å². The lowest BCUT2D eigenvalue weighted by molar-refractivity contribution is -0.384. The molecule has 0 fully saturated rings. The van der Waals surface area contributed by atoms with Crippen molar-refractivity contribution in [1.82, 2.24) is 5.32 Å². The number of non-ortho nitro benzene ring substituents is 1. The van der Waals surface area contributed by atoms with Crippen LogP contribution in [-0.2, 0) is 9.53 Å². The molecule has 1 aromatic heterocycles. The molecule has 0 aliphatic rings. The lowest BCUT2D eigenvalue weighted by Gasteiger charge is -2.17. The van der Waals surface area contributed by atoms with Crippen molar-refractivity contribution in [2.24, 2.45) is 5.92 Å². The molecule has 0 saturated carbocycles. The zero-order valence-electron chi connectivity index (χ0n) is 13.6. The van der Waals surface area contributed by atoms with Crippen LogP contribution in [0.4, 0.5) is 5.69 Å². The van der Waals surface area contributed by atoms with Crippen LogP contribution in [0.25, 0.3) is 10.1 Å². The van der Waals surface area contributed by atoms with Crippen LogP contribution < -0.4 is 5.32 Å². The van der Waals surface area contributed by atoms with Crippen molar-refractivity contribution in [3.05, 3.63) is 39.3 Å². The van der Waals surface area contributed by atoms with Crippen LogP contribution in [0.15, 0.2) is 24.3 Å². The molecule has 0 radical (unpaired) electrons. The van der Waals surface area contributed by atoms with E-state index in [4.69, 9.17) is 4.74 Å². The fourth-order valence-electron chi connectivity index (χ4n) is 1.91. The zero-order chi connectivity index (χ0) is 17.9. The van der Waals surface area contributed by atoms with Gasteiger partial charge in [0.2, 0.25) is 0 Å². The second-order valence-electron chi connectivity index (χ2n) is 5.77. The monoisotopic (exact) mass is 350 g/mol. The molecule has 0 saturated heterocycles. The third kappa shape index (κ3) is 4.29. The van der Waals surface area contributed by atoms with Gasteiger partial charge in [-0.25, -0.2) is 4.79 Å². The molecular weight excluding hydrogens is 332 g/mol. The summed E-state index contributed by atoms with van der Waals surface area (Å²) in [6.07, 6.45) is 0. The molecule has 1 aromatic carbocycles. The predicted molar refractivity (Wildman–Crippen MR) is 91.2 cm³/mol. The van der Waals surface area contributed by atoms with Crippen molar-refractivity contribution in [3.8, 4) is 0 Å². The van der Waals surface area contributed by atoms with Gasteiger partial charge < -0.3 is 10.1 Å². The summed E-state index contributed by atoms with van der Waals surface area (Å²) in [5.74, 6) is -0.699. The van der Waals surface area contributed by atoms with E-state index in [0.29, 0.717) is 10.3 Å². The molecular formula is C16H18N2O5S.